The van der Waals surface area contributed by atoms with E-state index in [2.05, 4.69) is 9.82 Å². The second-order valence-electron chi connectivity index (χ2n) is 1.91. The normalized spacial score (nSPS) is 9.33. The number of carboxylic acids is 1. The number of nitrogens with zero attached hydrogens (tertiary/aromatic N) is 2. The van der Waals surface area contributed by atoms with Gasteiger partial charge in [0.25, 0.3) is 0 Å². The Morgan fingerprint density at radius 2 is 2.50 bits per heavy atom. The molecule has 0 amide bonds. The van der Waals surface area contributed by atoms with Crippen LogP contribution in [-0.2, 0) is 4.79 Å². The molecular formula is C6H6N2O4. The molecule has 1 aromatic rings. The van der Waals surface area contributed by atoms with Crippen molar-refractivity contribution in [3.05, 3.63) is 28.9 Å². The third-order valence-electron chi connectivity index (χ3n) is 1.02. The number of carbonyl (C=O) groups is 1. The van der Waals surface area contributed by atoms with Crippen molar-refractivity contribution in [2.24, 2.45) is 0 Å². The van der Waals surface area contributed by atoms with Gasteiger partial charge in [-0.3, -0.25) is 9.78 Å². The summed E-state index contributed by atoms with van der Waals surface area (Å²) in [5.41, 5.74) is -0.501. The third-order valence-corrected chi connectivity index (χ3v) is 1.02. The molecule has 6 heteroatoms. The average Bonchev–Trinajstić information content (AvgIpc) is 2.03. The van der Waals surface area contributed by atoms with Crippen LogP contribution in [0.2, 0.25) is 0 Å². The van der Waals surface area contributed by atoms with Gasteiger partial charge in [0, 0.05) is 6.20 Å². The first-order valence-corrected chi connectivity index (χ1v) is 3.08. The molecule has 0 saturated heterocycles. The van der Waals surface area contributed by atoms with Crippen LogP contribution < -0.4 is 10.4 Å². The Labute approximate surface area is 67.0 Å². The molecule has 0 fully saturated rings. The molecule has 0 saturated carbocycles. The van der Waals surface area contributed by atoms with Crippen molar-refractivity contribution in [1.29, 1.82) is 0 Å². The van der Waals surface area contributed by atoms with Crippen molar-refractivity contribution in [3.8, 4) is 0 Å². The van der Waals surface area contributed by atoms with Gasteiger partial charge >= 0.3 is 11.5 Å². The fraction of sp³-hybridized carbons (Fsp3) is 0.167. The summed E-state index contributed by atoms with van der Waals surface area (Å²) in [6.07, 6.45) is 3.59. The molecule has 0 aliphatic carbocycles. The predicted octanol–water partition coefficient (Wildman–Crippen LogP) is -1.24. The summed E-state index contributed by atoms with van der Waals surface area (Å²) in [4.78, 5) is 28.9. The zero-order valence-corrected chi connectivity index (χ0v) is 6.01. The van der Waals surface area contributed by atoms with Crippen LogP contribution in [0.15, 0.2) is 23.4 Å². The molecular weight excluding hydrogens is 164 g/mol. The Morgan fingerprint density at radius 1 is 1.75 bits per heavy atom. The molecule has 1 N–H and O–H groups in total. The first kappa shape index (κ1) is 8.25. The summed E-state index contributed by atoms with van der Waals surface area (Å²) in [6.45, 7) is -0.552. The van der Waals surface area contributed by atoms with Crippen molar-refractivity contribution in [1.82, 2.24) is 9.71 Å². The molecule has 0 radical (unpaired) electrons. The van der Waals surface area contributed by atoms with E-state index < -0.39 is 18.1 Å². The maximum absolute atomic E-state index is 10.8. The summed E-state index contributed by atoms with van der Waals surface area (Å²) in [7, 11) is 0. The van der Waals surface area contributed by atoms with Crippen LogP contribution in [0, 0.1) is 0 Å². The standard InChI is InChI=1S/C6H6N2O4/c9-5-3-7-1-2-8(5)12-4-6(10)11/h1-3H,4H2,(H,10,11). The van der Waals surface area contributed by atoms with Gasteiger partial charge in [-0.1, -0.05) is 0 Å². The quantitative estimate of drug-likeness (QED) is 0.613. The molecule has 0 aliphatic rings. The van der Waals surface area contributed by atoms with Gasteiger partial charge in [0.05, 0.1) is 12.4 Å². The summed E-state index contributed by atoms with van der Waals surface area (Å²) >= 11 is 0. The molecule has 0 spiro atoms. The molecule has 0 aliphatic heterocycles. The van der Waals surface area contributed by atoms with Crippen LogP contribution in [0.5, 0.6) is 0 Å². The van der Waals surface area contributed by atoms with Gasteiger partial charge < -0.3 is 9.94 Å². The minimum Gasteiger partial charge on any atom is -0.479 e. The van der Waals surface area contributed by atoms with Crippen LogP contribution in [0.1, 0.15) is 0 Å². The van der Waals surface area contributed by atoms with Crippen LogP contribution in [-0.4, -0.2) is 27.4 Å². The first-order chi connectivity index (χ1) is 5.70. The molecule has 0 aromatic carbocycles. The highest BCUT2D eigenvalue weighted by atomic mass is 16.7. The van der Waals surface area contributed by atoms with E-state index in [0.717, 1.165) is 10.9 Å². The van der Waals surface area contributed by atoms with Gasteiger partial charge in [-0.25, -0.2) is 4.79 Å². The minimum atomic E-state index is -1.14. The van der Waals surface area contributed by atoms with E-state index in [0.29, 0.717) is 0 Å². The Balaban J connectivity index is 2.70. The highest BCUT2D eigenvalue weighted by Crippen LogP contribution is 1.73. The number of hydrogen-bond donors (Lipinski definition) is 1. The topological polar surface area (TPSA) is 81.4 Å². The van der Waals surface area contributed by atoms with Crippen LogP contribution >= 0.6 is 0 Å². The maximum Gasteiger partial charge on any atom is 0.344 e. The monoisotopic (exact) mass is 170 g/mol. The summed E-state index contributed by atoms with van der Waals surface area (Å²) in [6, 6.07) is 0. The van der Waals surface area contributed by atoms with Gasteiger partial charge in [0.1, 0.15) is 0 Å². The van der Waals surface area contributed by atoms with Crippen molar-refractivity contribution >= 4 is 5.97 Å². The van der Waals surface area contributed by atoms with E-state index in [9.17, 15) is 9.59 Å². The number of aliphatic carboxylic acids is 1. The van der Waals surface area contributed by atoms with Crippen molar-refractivity contribution in [2.75, 3.05) is 6.61 Å². The predicted molar refractivity (Wildman–Crippen MR) is 37.6 cm³/mol. The van der Waals surface area contributed by atoms with E-state index >= 15 is 0 Å². The zero-order chi connectivity index (χ0) is 8.97. The first-order valence-electron chi connectivity index (χ1n) is 3.08. The Morgan fingerprint density at radius 3 is 3.08 bits per heavy atom. The molecule has 0 atom stereocenters. The van der Waals surface area contributed by atoms with Crippen LogP contribution in [0.25, 0.3) is 0 Å². The SMILES string of the molecule is O=C(O)COn1ccncc1=O. The highest BCUT2D eigenvalue weighted by Gasteiger charge is 1.98. The van der Waals surface area contributed by atoms with Crippen molar-refractivity contribution in [2.45, 2.75) is 0 Å². The molecule has 0 bridgehead atoms. The third kappa shape index (κ3) is 2.08. The lowest BCUT2D eigenvalue weighted by atomic mass is 10.7. The molecule has 1 aromatic heterocycles. The fourth-order valence-electron chi connectivity index (χ4n) is 0.568. The zero-order valence-electron chi connectivity index (χ0n) is 6.01. The van der Waals surface area contributed by atoms with Gasteiger partial charge in [0.15, 0.2) is 0 Å². The van der Waals surface area contributed by atoms with Crippen molar-refractivity contribution < 1.29 is 14.7 Å². The molecule has 1 rings (SSSR count). The summed E-state index contributed by atoms with van der Waals surface area (Å²) < 4.78 is 0.807. The highest BCUT2D eigenvalue weighted by molar-refractivity contribution is 5.68. The Bertz CT molecular complexity index is 332. The molecule has 1 heterocycles. The van der Waals surface area contributed by atoms with E-state index in [1.54, 1.807) is 0 Å². The summed E-state index contributed by atoms with van der Waals surface area (Å²) in [5, 5.41) is 8.21. The van der Waals surface area contributed by atoms with Crippen LogP contribution in [0.3, 0.4) is 0 Å². The second kappa shape index (κ2) is 3.51. The van der Waals surface area contributed by atoms with Gasteiger partial charge in [-0.2, -0.15) is 0 Å². The lowest BCUT2D eigenvalue weighted by Gasteiger charge is -2.02. The molecule has 0 unspecified atom stereocenters. The molecule has 12 heavy (non-hydrogen) atoms. The number of carboxylic acid groups (broad SMARTS) is 1. The van der Waals surface area contributed by atoms with E-state index in [4.69, 9.17) is 5.11 Å². The van der Waals surface area contributed by atoms with Gasteiger partial charge in [-0.05, 0) is 0 Å². The van der Waals surface area contributed by atoms with E-state index in [1.165, 1.54) is 12.4 Å². The lowest BCUT2D eigenvalue weighted by Crippen LogP contribution is -2.29. The Kier molecular flexibility index (Phi) is 2.42. The second-order valence-corrected chi connectivity index (χ2v) is 1.91. The number of hydrogen-bond acceptors (Lipinski definition) is 4. The van der Waals surface area contributed by atoms with Crippen LogP contribution in [0.4, 0.5) is 0 Å². The fourth-order valence-corrected chi connectivity index (χ4v) is 0.568. The lowest BCUT2D eigenvalue weighted by molar-refractivity contribution is -0.142. The number of rotatable bonds is 3. The van der Waals surface area contributed by atoms with E-state index in [-0.39, 0.29) is 0 Å². The minimum absolute atomic E-state index is 0.501. The number of aromatic nitrogens is 2. The van der Waals surface area contributed by atoms with E-state index in [1.807, 2.05) is 0 Å². The van der Waals surface area contributed by atoms with Gasteiger partial charge in [-0.15, -0.1) is 4.73 Å². The average molecular weight is 170 g/mol. The smallest absolute Gasteiger partial charge is 0.344 e. The molecule has 6 nitrogen and oxygen atoms in total. The van der Waals surface area contributed by atoms with Crippen molar-refractivity contribution in [3.63, 3.8) is 0 Å². The maximum atomic E-state index is 10.8. The van der Waals surface area contributed by atoms with Gasteiger partial charge in [0.2, 0.25) is 6.61 Å². The Hall–Kier alpha value is -1.85. The summed E-state index contributed by atoms with van der Waals surface area (Å²) in [5.74, 6) is -1.14. The largest absolute Gasteiger partial charge is 0.479 e. The molecule has 64 valence electrons.